The van der Waals surface area contributed by atoms with E-state index in [4.69, 9.17) is 4.74 Å². The third-order valence-corrected chi connectivity index (χ3v) is 4.42. The SMILES string of the molecule is CNCCCS(=O)(=O)NC1CCC(OC)C1. The second-order valence-electron chi connectivity index (χ2n) is 4.26. The van der Waals surface area contributed by atoms with E-state index < -0.39 is 10.0 Å². The molecule has 2 N–H and O–H groups in total. The average molecular weight is 250 g/mol. The molecule has 2 unspecified atom stereocenters. The van der Waals surface area contributed by atoms with E-state index in [-0.39, 0.29) is 17.9 Å². The topological polar surface area (TPSA) is 67.4 Å². The van der Waals surface area contributed by atoms with Gasteiger partial charge < -0.3 is 10.1 Å². The summed E-state index contributed by atoms with van der Waals surface area (Å²) in [5.74, 6) is 0.196. The van der Waals surface area contributed by atoms with Gasteiger partial charge in [-0.05, 0) is 39.3 Å². The second-order valence-corrected chi connectivity index (χ2v) is 6.13. The number of sulfonamides is 1. The molecular weight excluding hydrogens is 228 g/mol. The standard InChI is InChI=1S/C10H22N2O3S/c1-11-6-3-7-16(13,14)12-9-4-5-10(8-9)15-2/h9-12H,3-8H2,1-2H3. The zero-order valence-electron chi connectivity index (χ0n) is 10.0. The minimum Gasteiger partial charge on any atom is -0.381 e. The van der Waals surface area contributed by atoms with Crippen molar-refractivity contribution in [1.29, 1.82) is 0 Å². The molecule has 0 heterocycles. The molecule has 1 aliphatic rings. The molecule has 1 fully saturated rings. The van der Waals surface area contributed by atoms with Gasteiger partial charge in [-0.3, -0.25) is 0 Å². The summed E-state index contributed by atoms with van der Waals surface area (Å²) in [5.41, 5.74) is 0. The Kier molecular flexibility index (Phi) is 5.68. The molecule has 0 radical (unpaired) electrons. The maximum absolute atomic E-state index is 11.7. The molecule has 1 rings (SSSR count). The fraction of sp³-hybridized carbons (Fsp3) is 1.00. The van der Waals surface area contributed by atoms with Crippen molar-refractivity contribution in [2.24, 2.45) is 0 Å². The fourth-order valence-electron chi connectivity index (χ4n) is 2.01. The van der Waals surface area contributed by atoms with Gasteiger partial charge in [0, 0.05) is 13.2 Å². The summed E-state index contributed by atoms with van der Waals surface area (Å²) >= 11 is 0. The number of methoxy groups -OCH3 is 1. The van der Waals surface area contributed by atoms with Crippen LogP contribution in [-0.2, 0) is 14.8 Å². The van der Waals surface area contributed by atoms with Crippen molar-refractivity contribution in [2.45, 2.75) is 37.8 Å². The number of ether oxygens (including phenoxy) is 1. The van der Waals surface area contributed by atoms with Crippen LogP contribution in [0.2, 0.25) is 0 Å². The van der Waals surface area contributed by atoms with Gasteiger partial charge in [-0.2, -0.15) is 0 Å². The molecule has 16 heavy (non-hydrogen) atoms. The van der Waals surface area contributed by atoms with Gasteiger partial charge >= 0.3 is 0 Å². The van der Waals surface area contributed by atoms with Gasteiger partial charge in [-0.25, -0.2) is 13.1 Å². The van der Waals surface area contributed by atoms with Gasteiger partial charge in [0.15, 0.2) is 0 Å². The molecule has 0 bridgehead atoms. The first-order valence-electron chi connectivity index (χ1n) is 5.75. The van der Waals surface area contributed by atoms with Crippen LogP contribution in [0.4, 0.5) is 0 Å². The van der Waals surface area contributed by atoms with Crippen molar-refractivity contribution < 1.29 is 13.2 Å². The van der Waals surface area contributed by atoms with E-state index in [1.807, 2.05) is 7.05 Å². The average Bonchev–Trinajstić information content (AvgIpc) is 2.65. The summed E-state index contributed by atoms with van der Waals surface area (Å²) in [6.07, 6.45) is 3.47. The fourth-order valence-corrected chi connectivity index (χ4v) is 3.38. The van der Waals surface area contributed by atoms with Crippen molar-refractivity contribution in [2.75, 3.05) is 26.5 Å². The molecule has 1 saturated carbocycles. The minimum absolute atomic E-state index is 0.0598. The maximum atomic E-state index is 11.7. The Bertz CT molecular complexity index is 292. The van der Waals surface area contributed by atoms with Gasteiger partial charge in [-0.1, -0.05) is 0 Å². The number of nitrogens with one attached hydrogen (secondary N) is 2. The first-order valence-corrected chi connectivity index (χ1v) is 7.40. The Labute approximate surface area is 98.0 Å². The highest BCUT2D eigenvalue weighted by Crippen LogP contribution is 2.21. The largest absolute Gasteiger partial charge is 0.381 e. The highest BCUT2D eigenvalue weighted by atomic mass is 32.2. The Morgan fingerprint density at radius 3 is 2.69 bits per heavy atom. The molecule has 0 aromatic rings. The normalized spacial score (nSPS) is 26.1. The van der Waals surface area contributed by atoms with E-state index in [2.05, 4.69) is 10.0 Å². The van der Waals surface area contributed by atoms with Crippen LogP contribution in [-0.4, -0.2) is 47.0 Å². The van der Waals surface area contributed by atoms with Crippen molar-refractivity contribution in [3.63, 3.8) is 0 Å². The number of hydrogen-bond acceptors (Lipinski definition) is 4. The monoisotopic (exact) mass is 250 g/mol. The molecule has 96 valence electrons. The van der Waals surface area contributed by atoms with E-state index in [1.165, 1.54) is 0 Å². The Balaban J connectivity index is 2.30. The van der Waals surface area contributed by atoms with Crippen molar-refractivity contribution in [3.8, 4) is 0 Å². The van der Waals surface area contributed by atoms with Crippen LogP contribution in [0.15, 0.2) is 0 Å². The molecular formula is C10H22N2O3S. The summed E-state index contributed by atoms with van der Waals surface area (Å²) in [5, 5.41) is 2.94. The van der Waals surface area contributed by atoms with E-state index >= 15 is 0 Å². The van der Waals surface area contributed by atoms with Crippen molar-refractivity contribution in [1.82, 2.24) is 10.0 Å². The first-order chi connectivity index (χ1) is 7.57. The van der Waals surface area contributed by atoms with Gasteiger partial charge in [0.05, 0.1) is 11.9 Å². The van der Waals surface area contributed by atoms with Crippen LogP contribution in [0.1, 0.15) is 25.7 Å². The lowest BCUT2D eigenvalue weighted by Gasteiger charge is -2.13. The van der Waals surface area contributed by atoms with E-state index in [0.29, 0.717) is 6.42 Å². The second kappa shape index (κ2) is 6.54. The molecule has 5 nitrogen and oxygen atoms in total. The maximum Gasteiger partial charge on any atom is 0.211 e. The van der Waals surface area contributed by atoms with Crippen LogP contribution >= 0.6 is 0 Å². The van der Waals surface area contributed by atoms with Crippen LogP contribution < -0.4 is 10.0 Å². The summed E-state index contributed by atoms with van der Waals surface area (Å²) in [7, 11) is 0.380. The molecule has 0 aromatic heterocycles. The third-order valence-electron chi connectivity index (χ3n) is 2.90. The lowest BCUT2D eigenvalue weighted by molar-refractivity contribution is 0.107. The highest BCUT2D eigenvalue weighted by Gasteiger charge is 2.27. The third kappa shape index (κ3) is 4.78. The molecule has 0 aliphatic heterocycles. The summed E-state index contributed by atoms with van der Waals surface area (Å²) in [6, 6.07) is 0.0598. The molecule has 0 aromatic carbocycles. The molecule has 0 spiro atoms. The van der Waals surface area contributed by atoms with Crippen LogP contribution in [0.5, 0.6) is 0 Å². The van der Waals surface area contributed by atoms with Crippen molar-refractivity contribution >= 4 is 10.0 Å². The predicted molar refractivity (Wildman–Crippen MR) is 63.9 cm³/mol. The van der Waals surface area contributed by atoms with E-state index in [9.17, 15) is 8.42 Å². The minimum atomic E-state index is -3.11. The van der Waals surface area contributed by atoms with E-state index in [1.54, 1.807) is 7.11 Å². The predicted octanol–water partition coefficient (Wildman–Crippen LogP) is 0.0828. The van der Waals surface area contributed by atoms with Gasteiger partial charge in [0.1, 0.15) is 0 Å². The van der Waals surface area contributed by atoms with Gasteiger partial charge in [0.2, 0.25) is 10.0 Å². The molecule has 0 saturated heterocycles. The Hall–Kier alpha value is -0.170. The number of rotatable bonds is 7. The summed E-state index contributed by atoms with van der Waals surface area (Å²) in [4.78, 5) is 0. The molecule has 0 amide bonds. The van der Waals surface area contributed by atoms with Crippen LogP contribution in [0, 0.1) is 0 Å². The lowest BCUT2D eigenvalue weighted by atomic mass is 10.3. The quantitative estimate of drug-likeness (QED) is 0.628. The van der Waals surface area contributed by atoms with Crippen molar-refractivity contribution in [3.05, 3.63) is 0 Å². The van der Waals surface area contributed by atoms with Crippen LogP contribution in [0.25, 0.3) is 0 Å². The van der Waals surface area contributed by atoms with Gasteiger partial charge in [-0.15, -0.1) is 0 Å². The molecule has 6 heteroatoms. The van der Waals surface area contributed by atoms with Gasteiger partial charge in [0.25, 0.3) is 0 Å². The molecule has 1 aliphatic carbocycles. The lowest BCUT2D eigenvalue weighted by Crippen LogP contribution is -2.35. The highest BCUT2D eigenvalue weighted by molar-refractivity contribution is 7.89. The number of hydrogen-bond donors (Lipinski definition) is 2. The zero-order chi connectivity index (χ0) is 12.0. The Morgan fingerprint density at radius 2 is 2.12 bits per heavy atom. The summed E-state index contributed by atoms with van der Waals surface area (Å²) < 4.78 is 31.3. The van der Waals surface area contributed by atoms with Crippen LogP contribution in [0.3, 0.4) is 0 Å². The Morgan fingerprint density at radius 1 is 1.38 bits per heavy atom. The smallest absolute Gasteiger partial charge is 0.211 e. The zero-order valence-corrected chi connectivity index (χ0v) is 10.8. The van der Waals surface area contributed by atoms with E-state index in [0.717, 1.165) is 25.8 Å². The summed E-state index contributed by atoms with van der Waals surface area (Å²) in [6.45, 7) is 0.728. The first kappa shape index (κ1) is 13.9. The molecule has 2 atom stereocenters.